The van der Waals surface area contributed by atoms with Crippen molar-refractivity contribution in [1.82, 2.24) is 5.32 Å². The van der Waals surface area contributed by atoms with Crippen molar-refractivity contribution in [2.75, 3.05) is 20.8 Å². The third kappa shape index (κ3) is 6.73. The van der Waals surface area contributed by atoms with E-state index in [1.165, 1.54) is 13.2 Å². The van der Waals surface area contributed by atoms with Crippen molar-refractivity contribution < 1.29 is 23.8 Å². The minimum absolute atomic E-state index is 0.0697. The number of methoxy groups -OCH3 is 2. The predicted molar refractivity (Wildman–Crippen MR) is 92.1 cm³/mol. The molecule has 0 radical (unpaired) electrons. The molecule has 1 aromatic rings. The van der Waals surface area contributed by atoms with E-state index in [0.717, 1.165) is 12.8 Å². The molecule has 0 unspecified atom stereocenters. The molecule has 132 valence electrons. The number of hydrogen-bond acceptors (Lipinski definition) is 5. The Morgan fingerprint density at radius 1 is 1.25 bits per heavy atom. The van der Waals surface area contributed by atoms with Gasteiger partial charge in [-0.2, -0.15) is 0 Å². The summed E-state index contributed by atoms with van der Waals surface area (Å²) < 4.78 is 15.3. The van der Waals surface area contributed by atoms with Gasteiger partial charge in [0.1, 0.15) is 11.5 Å². The number of esters is 1. The van der Waals surface area contributed by atoms with Gasteiger partial charge in [0.2, 0.25) is 0 Å². The van der Waals surface area contributed by atoms with E-state index in [2.05, 4.69) is 5.32 Å². The number of rotatable bonds is 9. The lowest BCUT2D eigenvalue weighted by atomic mass is 10.2. The molecule has 1 rings (SSSR count). The number of carbonyl (C=O) groups is 2. The molecule has 0 heterocycles. The van der Waals surface area contributed by atoms with Crippen LogP contribution >= 0.6 is 0 Å². The Hall–Kier alpha value is -2.50. The van der Waals surface area contributed by atoms with Crippen molar-refractivity contribution >= 4 is 18.0 Å². The highest BCUT2D eigenvalue weighted by molar-refractivity contribution is 5.89. The summed E-state index contributed by atoms with van der Waals surface area (Å²) >= 11 is 0. The Balaban J connectivity index is 2.53. The normalized spacial score (nSPS) is 11.8. The van der Waals surface area contributed by atoms with Crippen LogP contribution in [0.15, 0.2) is 24.3 Å². The van der Waals surface area contributed by atoms with Gasteiger partial charge in [-0.25, -0.2) is 4.79 Å². The molecule has 0 aromatic heterocycles. The maximum absolute atomic E-state index is 11.7. The van der Waals surface area contributed by atoms with E-state index >= 15 is 0 Å². The van der Waals surface area contributed by atoms with E-state index in [1.807, 2.05) is 13.8 Å². The zero-order chi connectivity index (χ0) is 17.9. The summed E-state index contributed by atoms with van der Waals surface area (Å²) in [5, 5.41) is 2.77. The highest BCUT2D eigenvalue weighted by Crippen LogP contribution is 2.25. The van der Waals surface area contributed by atoms with E-state index < -0.39 is 5.97 Å². The van der Waals surface area contributed by atoms with E-state index in [9.17, 15) is 9.59 Å². The van der Waals surface area contributed by atoms with Gasteiger partial charge in [-0.3, -0.25) is 4.79 Å². The van der Waals surface area contributed by atoms with Crippen LogP contribution < -0.4 is 14.8 Å². The van der Waals surface area contributed by atoms with E-state index in [1.54, 1.807) is 31.4 Å². The first kappa shape index (κ1) is 19.5. The molecule has 0 aliphatic rings. The molecule has 0 saturated carbocycles. The van der Waals surface area contributed by atoms with Crippen LogP contribution in [-0.2, 0) is 14.3 Å². The fourth-order valence-corrected chi connectivity index (χ4v) is 2.12. The Morgan fingerprint density at radius 2 is 2.00 bits per heavy atom. The SMILES string of the molecule is CCC[C@@H](C)NC(=O)COC(=O)/C=C/c1ccc(OC)cc1OC. The summed E-state index contributed by atoms with van der Waals surface area (Å²) in [6.45, 7) is 3.66. The molecule has 0 bridgehead atoms. The molecule has 6 heteroatoms. The number of benzene rings is 1. The average molecular weight is 335 g/mol. The van der Waals surface area contributed by atoms with Crippen molar-refractivity contribution in [1.29, 1.82) is 0 Å². The van der Waals surface area contributed by atoms with Gasteiger partial charge in [0, 0.05) is 23.7 Å². The van der Waals surface area contributed by atoms with Gasteiger partial charge in [-0.1, -0.05) is 13.3 Å². The third-order valence-electron chi connectivity index (χ3n) is 3.31. The molecule has 24 heavy (non-hydrogen) atoms. The molecular formula is C18H25NO5. The zero-order valence-corrected chi connectivity index (χ0v) is 14.6. The smallest absolute Gasteiger partial charge is 0.331 e. The molecule has 0 saturated heterocycles. The summed E-state index contributed by atoms with van der Waals surface area (Å²) in [5.74, 6) is 0.333. The lowest BCUT2D eigenvalue weighted by molar-refractivity contribution is -0.144. The van der Waals surface area contributed by atoms with Gasteiger partial charge >= 0.3 is 5.97 Å². The number of hydrogen-bond donors (Lipinski definition) is 1. The summed E-state index contributed by atoms with van der Waals surface area (Å²) in [6.07, 6.45) is 4.69. The highest BCUT2D eigenvalue weighted by atomic mass is 16.5. The molecule has 0 fully saturated rings. The van der Waals surface area contributed by atoms with E-state index in [-0.39, 0.29) is 18.6 Å². The van der Waals surface area contributed by atoms with Crippen LogP contribution in [0, 0.1) is 0 Å². The van der Waals surface area contributed by atoms with Crippen LogP contribution in [0.1, 0.15) is 32.3 Å². The van der Waals surface area contributed by atoms with Crippen molar-refractivity contribution in [2.24, 2.45) is 0 Å². The van der Waals surface area contributed by atoms with Gasteiger partial charge in [-0.15, -0.1) is 0 Å². The minimum atomic E-state index is -0.592. The number of amides is 1. The highest BCUT2D eigenvalue weighted by Gasteiger charge is 2.09. The maximum atomic E-state index is 11.7. The average Bonchev–Trinajstić information content (AvgIpc) is 2.58. The minimum Gasteiger partial charge on any atom is -0.497 e. The fraction of sp³-hybridized carbons (Fsp3) is 0.444. The Morgan fingerprint density at radius 3 is 2.62 bits per heavy atom. The van der Waals surface area contributed by atoms with E-state index in [4.69, 9.17) is 14.2 Å². The lowest BCUT2D eigenvalue weighted by Gasteiger charge is -2.12. The number of nitrogens with one attached hydrogen (secondary N) is 1. The van der Waals surface area contributed by atoms with E-state index in [0.29, 0.717) is 17.1 Å². The molecule has 1 atom stereocenters. The second-order valence-corrected chi connectivity index (χ2v) is 5.31. The van der Waals surface area contributed by atoms with Crippen LogP contribution in [0.2, 0.25) is 0 Å². The summed E-state index contributed by atoms with van der Waals surface area (Å²) in [7, 11) is 3.10. The first-order valence-electron chi connectivity index (χ1n) is 7.86. The van der Waals surface area contributed by atoms with Crippen LogP contribution in [-0.4, -0.2) is 38.7 Å². The summed E-state index contributed by atoms with van der Waals surface area (Å²) in [5.41, 5.74) is 0.705. The Bertz CT molecular complexity index is 583. The monoisotopic (exact) mass is 335 g/mol. The first-order chi connectivity index (χ1) is 11.5. The molecule has 0 aliphatic carbocycles. The van der Waals surface area contributed by atoms with Crippen LogP contribution in [0.5, 0.6) is 11.5 Å². The number of ether oxygens (including phenoxy) is 3. The Kier molecular flexibility index (Phi) is 8.39. The molecular weight excluding hydrogens is 310 g/mol. The number of carbonyl (C=O) groups excluding carboxylic acids is 2. The molecule has 1 amide bonds. The van der Waals surface area contributed by atoms with Crippen molar-refractivity contribution in [2.45, 2.75) is 32.7 Å². The second kappa shape index (κ2) is 10.3. The quantitative estimate of drug-likeness (QED) is 0.554. The van der Waals surface area contributed by atoms with Crippen LogP contribution in [0.25, 0.3) is 6.08 Å². The van der Waals surface area contributed by atoms with Gasteiger partial charge < -0.3 is 19.5 Å². The molecule has 6 nitrogen and oxygen atoms in total. The van der Waals surface area contributed by atoms with Crippen molar-refractivity contribution in [3.63, 3.8) is 0 Å². The van der Waals surface area contributed by atoms with Gasteiger partial charge in [0.15, 0.2) is 6.61 Å². The molecule has 1 N–H and O–H groups in total. The Labute approximate surface area is 142 Å². The standard InChI is InChI=1S/C18H25NO5/c1-5-6-13(2)19-17(20)12-24-18(21)10-8-14-7-9-15(22-3)11-16(14)23-4/h7-11,13H,5-6,12H2,1-4H3,(H,19,20)/b10-8+/t13-/m1/s1. The van der Waals surface area contributed by atoms with Crippen molar-refractivity contribution in [3.05, 3.63) is 29.8 Å². The molecule has 0 spiro atoms. The topological polar surface area (TPSA) is 73.9 Å². The third-order valence-corrected chi connectivity index (χ3v) is 3.31. The predicted octanol–water partition coefficient (Wildman–Crippen LogP) is 2.57. The summed E-state index contributed by atoms with van der Waals surface area (Å²) in [4.78, 5) is 23.3. The molecule has 0 aliphatic heterocycles. The lowest BCUT2D eigenvalue weighted by Crippen LogP contribution is -2.35. The summed E-state index contributed by atoms with van der Waals surface area (Å²) in [6, 6.07) is 5.31. The largest absolute Gasteiger partial charge is 0.497 e. The second-order valence-electron chi connectivity index (χ2n) is 5.31. The zero-order valence-electron chi connectivity index (χ0n) is 14.6. The van der Waals surface area contributed by atoms with Gasteiger partial charge in [-0.05, 0) is 31.6 Å². The van der Waals surface area contributed by atoms with Gasteiger partial charge in [0.25, 0.3) is 5.91 Å². The maximum Gasteiger partial charge on any atom is 0.331 e. The fourth-order valence-electron chi connectivity index (χ4n) is 2.12. The van der Waals surface area contributed by atoms with Crippen LogP contribution in [0.3, 0.4) is 0 Å². The first-order valence-corrected chi connectivity index (χ1v) is 7.86. The van der Waals surface area contributed by atoms with Gasteiger partial charge in [0.05, 0.1) is 14.2 Å². The molecule has 1 aromatic carbocycles. The van der Waals surface area contributed by atoms with Crippen molar-refractivity contribution in [3.8, 4) is 11.5 Å². The van der Waals surface area contributed by atoms with Crippen LogP contribution in [0.4, 0.5) is 0 Å².